The van der Waals surface area contributed by atoms with Crippen molar-refractivity contribution in [3.05, 3.63) is 35.4 Å². The van der Waals surface area contributed by atoms with E-state index in [-0.39, 0.29) is 5.97 Å². The Morgan fingerprint density at radius 2 is 1.67 bits per heavy atom. The first-order chi connectivity index (χ1) is 10.1. The Morgan fingerprint density at radius 1 is 1.14 bits per heavy atom. The van der Waals surface area contributed by atoms with E-state index in [4.69, 9.17) is 10.00 Å². The maximum Gasteiger partial charge on any atom is 0.312 e. The summed E-state index contributed by atoms with van der Waals surface area (Å²) in [6, 6.07) is 10.1. The Balaban J connectivity index is 2.98. The molecule has 0 fully saturated rings. The van der Waals surface area contributed by atoms with Gasteiger partial charge in [-0.2, -0.15) is 5.26 Å². The average Bonchev–Trinajstić information content (AvgIpc) is 2.49. The quantitative estimate of drug-likeness (QED) is 0.678. The van der Waals surface area contributed by atoms with Crippen LogP contribution in [0.5, 0.6) is 0 Å². The van der Waals surface area contributed by atoms with E-state index < -0.39 is 5.41 Å². The highest BCUT2D eigenvalue weighted by atomic mass is 16.5. The minimum Gasteiger partial charge on any atom is -0.469 e. The lowest BCUT2D eigenvalue weighted by atomic mass is 9.74. The van der Waals surface area contributed by atoms with E-state index in [2.05, 4.69) is 19.9 Å². The molecule has 114 valence electrons. The summed E-state index contributed by atoms with van der Waals surface area (Å²) in [4.78, 5) is 12.3. The molecule has 0 saturated carbocycles. The van der Waals surface area contributed by atoms with Crippen LogP contribution in [-0.4, -0.2) is 13.1 Å². The van der Waals surface area contributed by atoms with Crippen molar-refractivity contribution in [3.63, 3.8) is 0 Å². The van der Waals surface area contributed by atoms with Gasteiger partial charge >= 0.3 is 5.97 Å². The molecule has 0 N–H and O–H groups in total. The van der Waals surface area contributed by atoms with Crippen molar-refractivity contribution in [3.8, 4) is 6.07 Å². The van der Waals surface area contributed by atoms with Gasteiger partial charge in [-0.25, -0.2) is 0 Å². The number of rotatable bonds is 8. The Hall–Kier alpha value is -1.82. The third kappa shape index (κ3) is 4.60. The van der Waals surface area contributed by atoms with Crippen molar-refractivity contribution in [1.29, 1.82) is 5.26 Å². The molecular formula is C18H25NO2. The van der Waals surface area contributed by atoms with Gasteiger partial charge in [0.25, 0.3) is 0 Å². The molecular weight excluding hydrogens is 262 g/mol. The smallest absolute Gasteiger partial charge is 0.312 e. The molecule has 1 aromatic rings. The summed E-state index contributed by atoms with van der Waals surface area (Å²) in [5, 5.41) is 8.71. The molecule has 0 aliphatic heterocycles. The first kappa shape index (κ1) is 17.2. The summed E-state index contributed by atoms with van der Waals surface area (Å²) >= 11 is 0. The van der Waals surface area contributed by atoms with E-state index in [1.165, 1.54) is 7.11 Å². The molecule has 0 bridgehead atoms. The largest absolute Gasteiger partial charge is 0.469 e. The third-order valence-corrected chi connectivity index (χ3v) is 3.92. The fourth-order valence-electron chi connectivity index (χ4n) is 3.01. The second kappa shape index (κ2) is 8.46. The summed E-state index contributed by atoms with van der Waals surface area (Å²) < 4.78 is 5.07. The Kier molecular flexibility index (Phi) is 6.94. The van der Waals surface area contributed by atoms with Crippen molar-refractivity contribution in [1.82, 2.24) is 0 Å². The van der Waals surface area contributed by atoms with Crippen molar-refractivity contribution in [2.24, 2.45) is 5.41 Å². The Bertz CT molecular complexity index is 479. The van der Waals surface area contributed by atoms with Gasteiger partial charge in [-0.3, -0.25) is 4.79 Å². The molecule has 3 heteroatoms. The zero-order chi connectivity index (χ0) is 15.7. The van der Waals surface area contributed by atoms with Crippen LogP contribution < -0.4 is 0 Å². The molecule has 0 aliphatic rings. The molecule has 0 unspecified atom stereocenters. The number of hydrogen-bond acceptors (Lipinski definition) is 3. The third-order valence-electron chi connectivity index (χ3n) is 3.92. The topological polar surface area (TPSA) is 50.1 Å². The van der Waals surface area contributed by atoms with E-state index >= 15 is 0 Å². The van der Waals surface area contributed by atoms with Crippen LogP contribution in [0.2, 0.25) is 0 Å². The predicted molar refractivity (Wildman–Crippen MR) is 83.7 cm³/mol. The predicted octanol–water partition coefficient (Wildman–Crippen LogP) is 4.05. The Morgan fingerprint density at radius 3 is 2.10 bits per heavy atom. The van der Waals surface area contributed by atoms with Gasteiger partial charge in [0.2, 0.25) is 0 Å². The van der Waals surface area contributed by atoms with Gasteiger partial charge < -0.3 is 4.74 Å². The fourth-order valence-corrected chi connectivity index (χ4v) is 3.01. The van der Waals surface area contributed by atoms with Crippen LogP contribution in [0.1, 0.15) is 50.7 Å². The molecule has 0 atom stereocenters. The number of benzene rings is 1. The van der Waals surface area contributed by atoms with Crippen molar-refractivity contribution in [2.45, 2.75) is 52.4 Å². The summed E-state index contributed by atoms with van der Waals surface area (Å²) in [6.07, 6.45) is 4.73. The molecule has 0 heterocycles. The first-order valence-electron chi connectivity index (χ1n) is 7.65. The average molecular weight is 287 g/mol. The maximum absolute atomic E-state index is 12.3. The molecule has 0 aliphatic carbocycles. The number of nitriles is 1. The maximum atomic E-state index is 12.3. The minimum absolute atomic E-state index is 0.104. The second-order valence-electron chi connectivity index (χ2n) is 5.60. The van der Waals surface area contributed by atoms with Crippen molar-refractivity contribution in [2.75, 3.05) is 7.11 Å². The van der Waals surface area contributed by atoms with Crippen LogP contribution in [0.25, 0.3) is 0 Å². The van der Waals surface area contributed by atoms with Crippen molar-refractivity contribution < 1.29 is 9.53 Å². The van der Waals surface area contributed by atoms with Gasteiger partial charge in [-0.1, -0.05) is 51.0 Å². The van der Waals surface area contributed by atoms with Gasteiger partial charge in [-0.05, 0) is 30.4 Å². The van der Waals surface area contributed by atoms with Crippen LogP contribution >= 0.6 is 0 Å². The van der Waals surface area contributed by atoms with E-state index in [0.717, 1.165) is 36.8 Å². The lowest BCUT2D eigenvalue weighted by Crippen LogP contribution is -2.34. The van der Waals surface area contributed by atoms with Crippen LogP contribution in [0.15, 0.2) is 24.3 Å². The zero-order valence-corrected chi connectivity index (χ0v) is 13.3. The molecule has 3 nitrogen and oxygen atoms in total. The summed E-state index contributed by atoms with van der Waals surface area (Å²) in [6.45, 7) is 4.20. The molecule has 1 aromatic carbocycles. The summed E-state index contributed by atoms with van der Waals surface area (Å²) in [5.41, 5.74) is 1.72. The zero-order valence-electron chi connectivity index (χ0n) is 13.3. The number of esters is 1. The molecule has 0 amide bonds. The number of methoxy groups -OCH3 is 1. The highest BCUT2D eigenvalue weighted by Crippen LogP contribution is 2.35. The van der Waals surface area contributed by atoms with Gasteiger partial charge in [0.1, 0.15) is 0 Å². The normalized spacial score (nSPS) is 11.0. The van der Waals surface area contributed by atoms with Gasteiger partial charge in [-0.15, -0.1) is 0 Å². The number of nitrogens with zero attached hydrogens (tertiary/aromatic N) is 1. The monoisotopic (exact) mass is 287 g/mol. The molecule has 0 aromatic heterocycles. The Labute approximate surface area is 127 Å². The molecule has 1 rings (SSSR count). The van der Waals surface area contributed by atoms with Gasteiger partial charge in [0.05, 0.1) is 25.0 Å². The second-order valence-corrected chi connectivity index (χ2v) is 5.60. The van der Waals surface area contributed by atoms with Gasteiger partial charge in [0, 0.05) is 0 Å². The SMILES string of the molecule is CCCC(CCC)(Cc1ccc(CC#N)cc1)C(=O)OC. The van der Waals surface area contributed by atoms with E-state index in [9.17, 15) is 4.79 Å². The molecule has 21 heavy (non-hydrogen) atoms. The highest BCUT2D eigenvalue weighted by molar-refractivity contribution is 5.77. The van der Waals surface area contributed by atoms with E-state index in [1.54, 1.807) is 0 Å². The van der Waals surface area contributed by atoms with Gasteiger partial charge in [0.15, 0.2) is 0 Å². The first-order valence-corrected chi connectivity index (χ1v) is 7.65. The summed E-state index contributed by atoms with van der Waals surface area (Å²) in [7, 11) is 1.47. The van der Waals surface area contributed by atoms with Crippen LogP contribution in [0, 0.1) is 16.7 Å². The number of hydrogen-bond donors (Lipinski definition) is 0. The van der Waals surface area contributed by atoms with E-state index in [0.29, 0.717) is 12.8 Å². The molecule has 0 saturated heterocycles. The van der Waals surface area contributed by atoms with E-state index in [1.807, 2.05) is 24.3 Å². The summed E-state index contributed by atoms with van der Waals surface area (Å²) in [5.74, 6) is -0.104. The standard InChI is InChI=1S/C18H25NO2/c1-4-11-18(12-5-2,17(20)21-3)14-16-8-6-15(7-9-16)10-13-19/h6-9H,4-5,10-12,14H2,1-3H3. The minimum atomic E-state index is -0.422. The fraction of sp³-hybridized carbons (Fsp3) is 0.556. The number of carbonyl (C=O) groups excluding carboxylic acids is 1. The van der Waals surface area contributed by atoms with Crippen LogP contribution in [0.3, 0.4) is 0 Å². The lowest BCUT2D eigenvalue weighted by molar-refractivity contribution is -0.154. The number of ether oxygens (including phenoxy) is 1. The molecule has 0 spiro atoms. The van der Waals surface area contributed by atoms with Crippen LogP contribution in [0.4, 0.5) is 0 Å². The number of carbonyl (C=O) groups is 1. The molecule has 0 radical (unpaired) electrons. The highest BCUT2D eigenvalue weighted by Gasteiger charge is 2.37. The van der Waals surface area contributed by atoms with Crippen molar-refractivity contribution >= 4 is 5.97 Å². The lowest BCUT2D eigenvalue weighted by Gasteiger charge is -2.30. The van der Waals surface area contributed by atoms with Crippen LogP contribution in [-0.2, 0) is 22.4 Å².